The van der Waals surface area contributed by atoms with E-state index in [1.54, 1.807) is 30.0 Å². The summed E-state index contributed by atoms with van der Waals surface area (Å²) in [5.41, 5.74) is 8.68. The second kappa shape index (κ2) is 23.1. The molecule has 6 atom stereocenters. The molecule has 0 saturated carbocycles. The molecule has 11 nitrogen and oxygen atoms in total. The molecule has 2 unspecified atom stereocenters. The molecule has 1 aliphatic heterocycles. The third kappa shape index (κ3) is 15.1. The minimum atomic E-state index is -2.06. The molecule has 3 aromatic rings. The summed E-state index contributed by atoms with van der Waals surface area (Å²) in [7, 11) is -2.07. The van der Waals surface area contributed by atoms with Gasteiger partial charge in [-0.3, -0.25) is 0 Å². The number of carbonyl (C=O) groups excluding carboxylic acids is 2. The van der Waals surface area contributed by atoms with Crippen LogP contribution in [0.5, 0.6) is 5.75 Å². The van der Waals surface area contributed by atoms with Crippen LogP contribution in [0, 0.1) is 12.8 Å². The standard InChI is InChI=1S/C50H74N2O9SSi2/c1-34(36(3)61-64(13,14)49(4,5)6)25-26-39(58-47(53)37-21-17-15-18-22-37)46-40(59-50(7,8)60-46)27-28-42(62-38-23-19-16-20-24-38)44-43(48(54)56-29-30-63(10,11)12)41(57-33-55-9)31-35(2)45(44)52-32-51/h15-26,31-32,34,36,39-40,42,46H,27-30,33H2,1-14H3,(H2,51,52)/b26-25-/t34-,36-,39?,40+,42?,46+/m0/s1. The number of esters is 2. The largest absolute Gasteiger partial charge is 0.467 e. The van der Waals surface area contributed by atoms with Crippen molar-refractivity contribution in [1.82, 2.24) is 0 Å². The highest BCUT2D eigenvalue weighted by Crippen LogP contribution is 2.49. The lowest BCUT2D eigenvalue weighted by atomic mass is 9.93. The smallest absolute Gasteiger partial charge is 0.342 e. The van der Waals surface area contributed by atoms with Crippen molar-refractivity contribution in [1.29, 1.82) is 0 Å². The fraction of sp³-hybridized carbons (Fsp3) is 0.540. The van der Waals surface area contributed by atoms with E-state index in [0.717, 1.165) is 16.5 Å². The Labute approximate surface area is 389 Å². The van der Waals surface area contributed by atoms with Gasteiger partial charge >= 0.3 is 11.9 Å². The Morgan fingerprint density at radius 1 is 0.953 bits per heavy atom. The second-order valence-electron chi connectivity index (χ2n) is 19.8. The third-order valence-electron chi connectivity index (χ3n) is 11.8. The van der Waals surface area contributed by atoms with Crippen molar-refractivity contribution in [2.45, 2.75) is 152 Å². The van der Waals surface area contributed by atoms with E-state index >= 15 is 0 Å². The van der Waals surface area contributed by atoms with Crippen molar-refractivity contribution in [3.05, 3.63) is 101 Å². The number of nitrogens with zero attached hydrogens (tertiary/aromatic N) is 1. The number of benzene rings is 3. The van der Waals surface area contributed by atoms with Crippen LogP contribution in [0.4, 0.5) is 5.69 Å². The van der Waals surface area contributed by atoms with Crippen LogP contribution in [0.25, 0.3) is 0 Å². The molecule has 0 radical (unpaired) electrons. The van der Waals surface area contributed by atoms with Gasteiger partial charge in [0.15, 0.2) is 20.9 Å². The molecule has 1 fully saturated rings. The summed E-state index contributed by atoms with van der Waals surface area (Å²) >= 11 is 1.60. The van der Waals surface area contributed by atoms with Crippen LogP contribution in [0.1, 0.15) is 98.4 Å². The zero-order valence-electron chi connectivity index (χ0n) is 40.7. The SMILES string of the molecule is COCOc1cc(C)c(N=CN)c(C(CC[C@H]2OC(C)(C)O[C@@H]2C(/C=C\[C@H](C)[C@H](C)O[Si](C)(C)C(C)(C)C)OC(=O)c2ccccc2)Sc2ccccc2)c1C(=O)OCC[Si](C)(C)C. The van der Waals surface area contributed by atoms with Gasteiger partial charge in [-0.2, -0.15) is 0 Å². The molecular formula is C50H74N2O9SSi2. The van der Waals surface area contributed by atoms with Crippen molar-refractivity contribution in [3.63, 3.8) is 0 Å². The van der Waals surface area contributed by atoms with Crippen LogP contribution >= 0.6 is 11.8 Å². The highest BCUT2D eigenvalue weighted by Gasteiger charge is 2.47. The number of rotatable bonds is 22. The number of hydrogen-bond donors (Lipinski definition) is 1. The van der Waals surface area contributed by atoms with Crippen molar-refractivity contribution >= 4 is 52.1 Å². The Morgan fingerprint density at radius 3 is 2.19 bits per heavy atom. The van der Waals surface area contributed by atoms with Crippen LogP contribution < -0.4 is 10.5 Å². The van der Waals surface area contributed by atoms with E-state index in [-0.39, 0.29) is 36.0 Å². The number of nitrogens with two attached hydrogens (primary N) is 1. The topological polar surface area (TPSA) is 137 Å². The molecule has 0 aliphatic carbocycles. The van der Waals surface area contributed by atoms with Crippen LogP contribution in [0.3, 0.4) is 0 Å². The first-order chi connectivity index (χ1) is 30.0. The molecule has 64 heavy (non-hydrogen) atoms. The summed E-state index contributed by atoms with van der Waals surface area (Å²) in [6.07, 6.45) is 4.04. The molecule has 4 rings (SSSR count). The predicted molar refractivity (Wildman–Crippen MR) is 264 cm³/mol. The molecule has 1 aliphatic rings. The molecule has 2 N–H and O–H groups in total. The highest BCUT2D eigenvalue weighted by atomic mass is 32.2. The molecule has 3 aromatic carbocycles. The van der Waals surface area contributed by atoms with Crippen molar-refractivity contribution in [2.24, 2.45) is 16.6 Å². The number of carbonyl (C=O) groups is 2. The van der Waals surface area contributed by atoms with Gasteiger partial charge in [0.1, 0.15) is 23.5 Å². The maximum atomic E-state index is 14.4. The van der Waals surface area contributed by atoms with Crippen molar-refractivity contribution in [3.8, 4) is 5.75 Å². The number of aliphatic imine (C=N–C) groups is 1. The summed E-state index contributed by atoms with van der Waals surface area (Å²) in [5.74, 6) is -1.65. The van der Waals surface area contributed by atoms with Gasteiger partial charge in [0.2, 0.25) is 0 Å². The monoisotopic (exact) mass is 934 g/mol. The van der Waals surface area contributed by atoms with Gasteiger partial charge in [-0.15, -0.1) is 11.8 Å². The zero-order chi connectivity index (χ0) is 47.5. The van der Waals surface area contributed by atoms with E-state index in [1.165, 1.54) is 13.4 Å². The van der Waals surface area contributed by atoms with Crippen molar-refractivity contribution in [2.75, 3.05) is 20.5 Å². The number of aryl methyl sites for hydroxylation is 1. The first-order valence-electron chi connectivity index (χ1n) is 22.4. The van der Waals surface area contributed by atoms with Gasteiger partial charge in [-0.1, -0.05) is 89.8 Å². The molecule has 0 spiro atoms. The number of ether oxygens (including phenoxy) is 6. The normalized spacial score (nSPS) is 18.8. The van der Waals surface area contributed by atoms with Gasteiger partial charge in [-0.05, 0) is 113 Å². The maximum Gasteiger partial charge on any atom is 0.342 e. The van der Waals surface area contributed by atoms with Crippen molar-refractivity contribution < 1.29 is 42.4 Å². The third-order valence-corrected chi connectivity index (χ3v) is 19.4. The van der Waals surface area contributed by atoms with Crippen LogP contribution in [-0.2, 0) is 28.1 Å². The molecule has 0 aromatic heterocycles. The molecule has 14 heteroatoms. The summed E-state index contributed by atoms with van der Waals surface area (Å²) < 4.78 is 44.0. The van der Waals surface area contributed by atoms with Gasteiger partial charge in [-0.25, -0.2) is 14.6 Å². The van der Waals surface area contributed by atoms with Gasteiger partial charge < -0.3 is 38.6 Å². The van der Waals surface area contributed by atoms with E-state index in [4.69, 9.17) is 38.6 Å². The fourth-order valence-corrected chi connectivity index (χ4v) is 10.6. The van der Waals surface area contributed by atoms with E-state index in [2.05, 4.69) is 78.4 Å². The van der Waals surface area contributed by atoms with Crippen LogP contribution in [0.15, 0.2) is 88.8 Å². The fourth-order valence-electron chi connectivity index (χ4n) is 7.11. The Kier molecular flexibility index (Phi) is 19.1. The van der Waals surface area contributed by atoms with Crippen LogP contribution in [-0.4, -0.2) is 85.4 Å². The minimum Gasteiger partial charge on any atom is -0.467 e. The predicted octanol–water partition coefficient (Wildman–Crippen LogP) is 12.1. The summed E-state index contributed by atoms with van der Waals surface area (Å²) in [4.78, 5) is 33.9. The quantitative estimate of drug-likeness (QED) is 0.0196. The van der Waals surface area contributed by atoms with E-state index in [1.807, 2.05) is 75.4 Å². The Morgan fingerprint density at radius 2 is 1.59 bits per heavy atom. The van der Waals surface area contributed by atoms with E-state index < -0.39 is 57.7 Å². The minimum absolute atomic E-state index is 0.00577. The average Bonchev–Trinajstić information content (AvgIpc) is 3.53. The summed E-state index contributed by atoms with van der Waals surface area (Å²) in [6.45, 7) is 28.0. The Hall–Kier alpha value is -3.77. The van der Waals surface area contributed by atoms with Gasteiger partial charge in [0.05, 0.1) is 30.3 Å². The lowest BCUT2D eigenvalue weighted by molar-refractivity contribution is -0.153. The highest BCUT2D eigenvalue weighted by molar-refractivity contribution is 7.99. The summed E-state index contributed by atoms with van der Waals surface area (Å²) in [5, 5.41) is -0.348. The van der Waals surface area contributed by atoms with Gasteiger partial charge in [0.25, 0.3) is 0 Å². The first kappa shape index (κ1) is 52.9. The Bertz CT molecular complexity index is 2030. The first-order valence-corrected chi connectivity index (χ1v) is 29.9. The average molecular weight is 935 g/mol. The van der Waals surface area contributed by atoms with Gasteiger partial charge in [0, 0.05) is 37.0 Å². The lowest BCUT2D eigenvalue weighted by Crippen LogP contribution is -2.44. The van der Waals surface area contributed by atoms with E-state index in [9.17, 15) is 9.59 Å². The number of hydrogen-bond acceptors (Lipinski definition) is 11. The summed E-state index contributed by atoms with van der Waals surface area (Å²) in [6, 6.07) is 21.5. The molecule has 1 saturated heterocycles. The molecule has 0 bridgehead atoms. The maximum absolute atomic E-state index is 14.4. The molecule has 1 heterocycles. The van der Waals surface area contributed by atoms with Crippen LogP contribution in [0.2, 0.25) is 43.8 Å². The number of methoxy groups -OCH3 is 1. The number of thioether (sulfide) groups is 1. The lowest BCUT2D eigenvalue weighted by Gasteiger charge is -2.39. The second-order valence-corrected chi connectivity index (χ2v) is 31.5. The molecular weight excluding hydrogens is 861 g/mol. The van der Waals surface area contributed by atoms with E-state index in [0.29, 0.717) is 35.4 Å². The molecule has 352 valence electrons. The zero-order valence-corrected chi connectivity index (χ0v) is 43.5. The molecule has 0 amide bonds. The Balaban J connectivity index is 1.81.